The van der Waals surface area contributed by atoms with E-state index >= 15 is 0 Å². The number of hydrogen-bond donors (Lipinski definition) is 0. The molecule has 1 aromatic carbocycles. The first-order valence-electron chi connectivity index (χ1n) is 5.33. The van der Waals surface area contributed by atoms with Crippen LogP contribution in [-0.4, -0.2) is 18.4 Å². The van der Waals surface area contributed by atoms with Gasteiger partial charge in [-0.05, 0) is 18.4 Å². The molecule has 0 aromatic heterocycles. The van der Waals surface area contributed by atoms with Crippen LogP contribution in [0.3, 0.4) is 0 Å². The number of rotatable bonds is 4. The van der Waals surface area contributed by atoms with Gasteiger partial charge in [-0.25, -0.2) is 4.79 Å². The highest BCUT2D eigenvalue weighted by Gasteiger charge is 2.09. The zero-order valence-corrected chi connectivity index (χ0v) is 8.93. The van der Waals surface area contributed by atoms with Crippen LogP contribution in [0.4, 0.5) is 0 Å². The van der Waals surface area contributed by atoms with E-state index in [1.807, 2.05) is 18.2 Å². The highest BCUT2D eigenvalue weighted by Crippen LogP contribution is 2.03. The summed E-state index contributed by atoms with van der Waals surface area (Å²) in [6.07, 6.45) is 4.94. The van der Waals surface area contributed by atoms with Gasteiger partial charge in [0.2, 0.25) is 5.90 Å². The maximum absolute atomic E-state index is 10.7. The SMILES string of the molecule is O=C1C=CC(=NCCCc2ccccc2)O1. The number of aliphatic imine (C=N–C) groups is 1. The molecule has 0 bridgehead atoms. The molecule has 0 aliphatic carbocycles. The van der Waals surface area contributed by atoms with Gasteiger partial charge in [0.05, 0.1) is 0 Å². The number of cyclic esters (lactones) is 1. The normalized spacial score (nSPS) is 16.8. The maximum Gasteiger partial charge on any atom is 0.337 e. The summed E-state index contributed by atoms with van der Waals surface area (Å²) in [5.41, 5.74) is 1.31. The Labute approximate surface area is 94.5 Å². The molecule has 0 spiro atoms. The Morgan fingerprint density at radius 1 is 1.12 bits per heavy atom. The molecular formula is C13H13NO2. The van der Waals surface area contributed by atoms with Crippen molar-refractivity contribution in [3.05, 3.63) is 48.0 Å². The summed E-state index contributed by atoms with van der Waals surface area (Å²) in [7, 11) is 0. The van der Waals surface area contributed by atoms with E-state index in [1.165, 1.54) is 11.6 Å². The molecule has 0 saturated heterocycles. The average Bonchev–Trinajstić information content (AvgIpc) is 2.72. The standard InChI is InChI=1S/C13H13NO2/c15-13-9-8-12(16-13)14-10-4-7-11-5-2-1-3-6-11/h1-3,5-6,8-9H,4,7,10H2. The summed E-state index contributed by atoms with van der Waals surface area (Å²) in [4.78, 5) is 14.9. The summed E-state index contributed by atoms with van der Waals surface area (Å²) in [6.45, 7) is 0.682. The average molecular weight is 215 g/mol. The molecule has 82 valence electrons. The van der Waals surface area contributed by atoms with E-state index < -0.39 is 0 Å². The van der Waals surface area contributed by atoms with Crippen LogP contribution < -0.4 is 0 Å². The molecular weight excluding hydrogens is 202 g/mol. The molecule has 0 atom stereocenters. The molecule has 2 rings (SSSR count). The van der Waals surface area contributed by atoms with Crippen molar-refractivity contribution in [2.45, 2.75) is 12.8 Å². The van der Waals surface area contributed by atoms with E-state index in [0.717, 1.165) is 12.8 Å². The molecule has 3 heteroatoms. The van der Waals surface area contributed by atoms with E-state index in [9.17, 15) is 4.79 Å². The topological polar surface area (TPSA) is 38.7 Å². The summed E-state index contributed by atoms with van der Waals surface area (Å²) < 4.78 is 4.81. The van der Waals surface area contributed by atoms with Crippen molar-refractivity contribution in [1.29, 1.82) is 0 Å². The zero-order chi connectivity index (χ0) is 11.2. The monoisotopic (exact) mass is 215 g/mol. The minimum absolute atomic E-state index is 0.332. The lowest BCUT2D eigenvalue weighted by atomic mass is 10.1. The van der Waals surface area contributed by atoms with Crippen LogP contribution in [0.1, 0.15) is 12.0 Å². The number of nitrogens with zero attached hydrogens (tertiary/aromatic N) is 1. The van der Waals surface area contributed by atoms with Crippen LogP contribution in [0.5, 0.6) is 0 Å². The summed E-state index contributed by atoms with van der Waals surface area (Å²) in [5, 5.41) is 0. The van der Waals surface area contributed by atoms with E-state index in [-0.39, 0.29) is 5.97 Å². The largest absolute Gasteiger partial charge is 0.405 e. The van der Waals surface area contributed by atoms with Gasteiger partial charge in [-0.1, -0.05) is 30.3 Å². The Morgan fingerprint density at radius 2 is 1.94 bits per heavy atom. The lowest BCUT2D eigenvalue weighted by Crippen LogP contribution is -2.00. The molecule has 1 aliphatic heterocycles. The Kier molecular flexibility index (Phi) is 3.49. The second-order valence-electron chi connectivity index (χ2n) is 3.56. The first-order valence-corrected chi connectivity index (χ1v) is 5.33. The third kappa shape index (κ3) is 3.05. The number of carbonyl (C=O) groups excluding carboxylic acids is 1. The summed E-state index contributed by atoms with van der Waals surface area (Å²) >= 11 is 0. The van der Waals surface area contributed by atoms with Crippen LogP contribution in [0, 0.1) is 0 Å². The quantitative estimate of drug-likeness (QED) is 0.570. The Bertz CT molecular complexity index is 421. The van der Waals surface area contributed by atoms with Crippen molar-refractivity contribution in [2.24, 2.45) is 4.99 Å². The summed E-state index contributed by atoms with van der Waals surface area (Å²) in [5.74, 6) is 0.0971. The summed E-state index contributed by atoms with van der Waals surface area (Å²) in [6, 6.07) is 10.3. The van der Waals surface area contributed by atoms with Crippen molar-refractivity contribution in [2.75, 3.05) is 6.54 Å². The second kappa shape index (κ2) is 5.26. The van der Waals surface area contributed by atoms with E-state index in [1.54, 1.807) is 6.08 Å². The van der Waals surface area contributed by atoms with E-state index in [4.69, 9.17) is 4.74 Å². The van der Waals surface area contributed by atoms with Gasteiger partial charge in [0.1, 0.15) is 0 Å². The number of hydrogen-bond acceptors (Lipinski definition) is 3. The minimum Gasteiger partial charge on any atom is -0.405 e. The molecule has 16 heavy (non-hydrogen) atoms. The molecule has 0 fully saturated rings. The van der Waals surface area contributed by atoms with Gasteiger partial charge in [0.25, 0.3) is 0 Å². The second-order valence-corrected chi connectivity index (χ2v) is 3.56. The predicted molar refractivity (Wildman–Crippen MR) is 62.3 cm³/mol. The van der Waals surface area contributed by atoms with Crippen molar-refractivity contribution in [1.82, 2.24) is 0 Å². The van der Waals surface area contributed by atoms with E-state index in [2.05, 4.69) is 17.1 Å². The molecule has 0 unspecified atom stereocenters. The number of carbonyl (C=O) groups is 1. The number of esters is 1. The van der Waals surface area contributed by atoms with Crippen LogP contribution in [0.2, 0.25) is 0 Å². The minimum atomic E-state index is -0.332. The molecule has 1 heterocycles. The highest BCUT2D eigenvalue weighted by atomic mass is 16.5. The van der Waals surface area contributed by atoms with Gasteiger partial charge in [-0.15, -0.1) is 0 Å². The molecule has 3 nitrogen and oxygen atoms in total. The predicted octanol–water partition coefficient (Wildman–Crippen LogP) is 2.13. The molecule has 0 N–H and O–H groups in total. The van der Waals surface area contributed by atoms with Crippen LogP contribution in [0.15, 0.2) is 47.5 Å². The van der Waals surface area contributed by atoms with Crippen LogP contribution in [-0.2, 0) is 16.0 Å². The van der Waals surface area contributed by atoms with Gasteiger partial charge in [0.15, 0.2) is 0 Å². The molecule has 0 saturated carbocycles. The lowest BCUT2D eigenvalue weighted by molar-refractivity contribution is -0.129. The van der Waals surface area contributed by atoms with Gasteiger partial charge in [0, 0.05) is 18.7 Å². The first kappa shape index (κ1) is 10.6. The van der Waals surface area contributed by atoms with Crippen molar-refractivity contribution < 1.29 is 9.53 Å². The fourth-order valence-corrected chi connectivity index (χ4v) is 1.51. The van der Waals surface area contributed by atoms with Gasteiger partial charge >= 0.3 is 5.97 Å². The van der Waals surface area contributed by atoms with Crippen molar-refractivity contribution in [3.8, 4) is 0 Å². The third-order valence-corrected chi connectivity index (χ3v) is 2.30. The smallest absolute Gasteiger partial charge is 0.337 e. The lowest BCUT2D eigenvalue weighted by Gasteiger charge is -1.99. The number of aryl methyl sites for hydroxylation is 1. The number of ether oxygens (including phenoxy) is 1. The van der Waals surface area contributed by atoms with Gasteiger partial charge in [-0.3, -0.25) is 4.99 Å². The fourth-order valence-electron chi connectivity index (χ4n) is 1.51. The molecule has 0 amide bonds. The van der Waals surface area contributed by atoms with Gasteiger partial charge < -0.3 is 4.74 Å². The van der Waals surface area contributed by atoms with Crippen molar-refractivity contribution >= 4 is 11.9 Å². The molecule has 1 aliphatic rings. The molecule has 0 radical (unpaired) electrons. The third-order valence-electron chi connectivity index (χ3n) is 2.30. The van der Waals surface area contributed by atoms with Crippen LogP contribution >= 0.6 is 0 Å². The van der Waals surface area contributed by atoms with Gasteiger partial charge in [-0.2, -0.15) is 0 Å². The maximum atomic E-state index is 10.7. The number of benzene rings is 1. The Morgan fingerprint density at radius 3 is 2.62 bits per heavy atom. The molecule has 1 aromatic rings. The fraction of sp³-hybridized carbons (Fsp3) is 0.231. The van der Waals surface area contributed by atoms with E-state index in [0.29, 0.717) is 12.4 Å². The Balaban J connectivity index is 1.73. The Hall–Kier alpha value is -1.90. The highest BCUT2D eigenvalue weighted by molar-refractivity contribution is 6.07. The first-order chi connectivity index (χ1) is 7.84. The zero-order valence-electron chi connectivity index (χ0n) is 8.93. The van der Waals surface area contributed by atoms with Crippen LogP contribution in [0.25, 0.3) is 0 Å². The van der Waals surface area contributed by atoms with Crippen molar-refractivity contribution in [3.63, 3.8) is 0 Å².